The van der Waals surface area contributed by atoms with Crippen molar-refractivity contribution in [3.8, 4) is 0 Å². The molecule has 1 saturated heterocycles. The second-order valence-corrected chi connectivity index (χ2v) is 8.08. The molecular weight excluding hydrogens is 522 g/mol. The number of guanidine groups is 1. The first-order chi connectivity index (χ1) is 14.3. The van der Waals surface area contributed by atoms with Gasteiger partial charge in [-0.2, -0.15) is 13.2 Å². The highest BCUT2D eigenvalue weighted by Gasteiger charge is 2.34. The highest BCUT2D eigenvalue weighted by molar-refractivity contribution is 14.0. The van der Waals surface area contributed by atoms with E-state index in [1.807, 2.05) is 24.3 Å². The first-order valence-corrected chi connectivity index (χ1v) is 10.5. The molecule has 1 amide bonds. The number of likely N-dealkylation sites (tertiary alicyclic amines) is 1. The SMILES string of the molecule is CN=C(NCc1cccc(NC(=O)C2CCCC2)c1)NC1CCN(CC(F)(F)F)C1.I. The Kier molecular flexibility index (Phi) is 9.86. The predicted molar refractivity (Wildman–Crippen MR) is 127 cm³/mol. The van der Waals surface area contributed by atoms with E-state index in [0.717, 1.165) is 36.9 Å². The molecule has 1 unspecified atom stereocenters. The van der Waals surface area contributed by atoms with Gasteiger partial charge in [0, 0.05) is 44.3 Å². The predicted octanol–water partition coefficient (Wildman–Crippen LogP) is 3.73. The third kappa shape index (κ3) is 8.47. The average molecular weight is 553 g/mol. The molecule has 10 heteroatoms. The molecule has 0 bridgehead atoms. The quantitative estimate of drug-likeness (QED) is 0.286. The molecule has 1 aliphatic carbocycles. The fraction of sp³-hybridized carbons (Fsp3) is 0.619. The van der Waals surface area contributed by atoms with Gasteiger partial charge in [-0.1, -0.05) is 25.0 Å². The Labute approximate surface area is 198 Å². The number of carbonyl (C=O) groups is 1. The number of rotatable bonds is 6. The van der Waals surface area contributed by atoms with E-state index in [0.29, 0.717) is 32.0 Å². The molecule has 1 saturated carbocycles. The van der Waals surface area contributed by atoms with Crippen LogP contribution in [0.1, 0.15) is 37.7 Å². The summed E-state index contributed by atoms with van der Waals surface area (Å²) < 4.78 is 37.6. The van der Waals surface area contributed by atoms with Gasteiger partial charge in [-0.3, -0.25) is 14.7 Å². The van der Waals surface area contributed by atoms with Crippen LogP contribution >= 0.6 is 24.0 Å². The zero-order valence-electron chi connectivity index (χ0n) is 17.7. The molecule has 0 spiro atoms. The lowest BCUT2D eigenvalue weighted by atomic mass is 10.1. The van der Waals surface area contributed by atoms with Crippen LogP contribution < -0.4 is 16.0 Å². The van der Waals surface area contributed by atoms with Crippen LogP contribution in [-0.2, 0) is 11.3 Å². The smallest absolute Gasteiger partial charge is 0.352 e. The Bertz CT molecular complexity index is 753. The van der Waals surface area contributed by atoms with Crippen molar-refractivity contribution in [2.45, 2.75) is 50.9 Å². The summed E-state index contributed by atoms with van der Waals surface area (Å²) in [6.07, 6.45) is 0.603. The third-order valence-corrected chi connectivity index (χ3v) is 5.62. The molecule has 0 aromatic heterocycles. The fourth-order valence-electron chi connectivity index (χ4n) is 4.11. The van der Waals surface area contributed by atoms with Gasteiger partial charge in [0.05, 0.1) is 6.54 Å². The summed E-state index contributed by atoms with van der Waals surface area (Å²) in [5.74, 6) is 0.743. The summed E-state index contributed by atoms with van der Waals surface area (Å²) in [6, 6.07) is 7.57. The van der Waals surface area contributed by atoms with Gasteiger partial charge in [0.2, 0.25) is 5.91 Å². The number of amides is 1. The monoisotopic (exact) mass is 553 g/mol. The van der Waals surface area contributed by atoms with Crippen LogP contribution in [0, 0.1) is 5.92 Å². The Balaban J connectivity index is 0.00000341. The summed E-state index contributed by atoms with van der Waals surface area (Å²) in [5.41, 5.74) is 1.75. The molecule has 2 fully saturated rings. The first kappa shape index (κ1) is 25.7. The topological polar surface area (TPSA) is 68.8 Å². The van der Waals surface area contributed by atoms with E-state index in [2.05, 4.69) is 20.9 Å². The maximum atomic E-state index is 12.5. The van der Waals surface area contributed by atoms with E-state index in [4.69, 9.17) is 0 Å². The maximum Gasteiger partial charge on any atom is 0.401 e. The molecule has 1 aromatic carbocycles. The van der Waals surface area contributed by atoms with E-state index >= 15 is 0 Å². The lowest BCUT2D eigenvalue weighted by Crippen LogP contribution is -2.44. The molecule has 1 aliphatic heterocycles. The van der Waals surface area contributed by atoms with Gasteiger partial charge in [0.15, 0.2) is 5.96 Å². The summed E-state index contributed by atoms with van der Waals surface area (Å²) in [7, 11) is 1.63. The summed E-state index contributed by atoms with van der Waals surface area (Å²) in [4.78, 5) is 17.9. The van der Waals surface area contributed by atoms with Crippen LogP contribution in [-0.4, -0.2) is 55.7 Å². The van der Waals surface area contributed by atoms with Gasteiger partial charge in [0.25, 0.3) is 0 Å². The van der Waals surface area contributed by atoms with E-state index in [9.17, 15) is 18.0 Å². The number of nitrogens with zero attached hydrogens (tertiary/aromatic N) is 2. The molecule has 1 aromatic rings. The minimum Gasteiger partial charge on any atom is -0.352 e. The zero-order valence-corrected chi connectivity index (χ0v) is 20.0. The second-order valence-electron chi connectivity index (χ2n) is 8.08. The number of anilines is 1. The molecule has 2 aliphatic rings. The number of benzene rings is 1. The van der Waals surface area contributed by atoms with Crippen molar-refractivity contribution in [3.63, 3.8) is 0 Å². The van der Waals surface area contributed by atoms with E-state index in [-0.39, 0.29) is 41.8 Å². The molecule has 174 valence electrons. The largest absolute Gasteiger partial charge is 0.401 e. The van der Waals surface area contributed by atoms with Crippen molar-refractivity contribution in [3.05, 3.63) is 29.8 Å². The molecular formula is C21H31F3IN5O. The number of hydrogen-bond acceptors (Lipinski definition) is 3. The summed E-state index contributed by atoms with van der Waals surface area (Å²) in [5, 5.41) is 9.39. The molecule has 1 heterocycles. The maximum absolute atomic E-state index is 12.5. The fourth-order valence-corrected chi connectivity index (χ4v) is 4.11. The molecule has 3 rings (SSSR count). The average Bonchev–Trinajstić information content (AvgIpc) is 3.36. The highest BCUT2D eigenvalue weighted by Crippen LogP contribution is 2.26. The molecule has 0 radical (unpaired) electrons. The van der Waals surface area contributed by atoms with Gasteiger partial charge < -0.3 is 16.0 Å². The van der Waals surface area contributed by atoms with Crippen LogP contribution in [0.25, 0.3) is 0 Å². The van der Waals surface area contributed by atoms with E-state index < -0.39 is 12.7 Å². The molecule has 31 heavy (non-hydrogen) atoms. The number of hydrogen-bond donors (Lipinski definition) is 3. The van der Waals surface area contributed by atoms with Crippen molar-refractivity contribution in [1.82, 2.24) is 15.5 Å². The van der Waals surface area contributed by atoms with Crippen LogP contribution in [0.15, 0.2) is 29.3 Å². The Morgan fingerprint density at radius 3 is 2.65 bits per heavy atom. The lowest BCUT2D eigenvalue weighted by molar-refractivity contribution is -0.143. The molecule has 6 nitrogen and oxygen atoms in total. The first-order valence-electron chi connectivity index (χ1n) is 10.5. The normalized spacial score (nSPS) is 20.4. The van der Waals surface area contributed by atoms with Gasteiger partial charge in [-0.15, -0.1) is 24.0 Å². The zero-order chi connectivity index (χ0) is 21.6. The van der Waals surface area contributed by atoms with E-state index in [1.54, 1.807) is 7.05 Å². The standard InChI is InChI=1S/C21H30F3N5O.HI/c1-25-20(28-18-9-10-29(13-18)14-21(22,23)24)26-12-15-5-4-8-17(11-15)27-19(30)16-6-2-3-7-16;/h4-5,8,11,16,18H,2-3,6-7,9-10,12-14H2,1H3,(H,27,30)(H2,25,26,28);1H. The van der Waals surface area contributed by atoms with Gasteiger partial charge in [-0.25, -0.2) is 0 Å². The number of nitrogens with one attached hydrogen (secondary N) is 3. The van der Waals surface area contributed by atoms with Gasteiger partial charge >= 0.3 is 6.18 Å². The van der Waals surface area contributed by atoms with Crippen molar-refractivity contribution in [2.75, 3.05) is 32.0 Å². The Hall–Kier alpha value is -1.56. The minimum absolute atomic E-state index is 0. The van der Waals surface area contributed by atoms with Crippen LogP contribution in [0.4, 0.5) is 18.9 Å². The van der Waals surface area contributed by atoms with E-state index in [1.165, 1.54) is 4.90 Å². The van der Waals surface area contributed by atoms with Crippen LogP contribution in [0.3, 0.4) is 0 Å². The number of halogens is 4. The lowest BCUT2D eigenvalue weighted by Gasteiger charge is -2.20. The third-order valence-electron chi connectivity index (χ3n) is 5.62. The van der Waals surface area contributed by atoms with Crippen LogP contribution in [0.2, 0.25) is 0 Å². The highest BCUT2D eigenvalue weighted by atomic mass is 127. The number of aliphatic imine (C=N–C) groups is 1. The Morgan fingerprint density at radius 1 is 1.23 bits per heavy atom. The summed E-state index contributed by atoms with van der Waals surface area (Å²) >= 11 is 0. The van der Waals surface area contributed by atoms with Crippen LogP contribution in [0.5, 0.6) is 0 Å². The van der Waals surface area contributed by atoms with Gasteiger partial charge in [0.1, 0.15) is 0 Å². The molecule has 3 N–H and O–H groups in total. The minimum atomic E-state index is -4.17. The second kappa shape index (κ2) is 11.9. The van der Waals surface area contributed by atoms with Crippen molar-refractivity contribution >= 4 is 41.5 Å². The Morgan fingerprint density at radius 2 is 1.97 bits per heavy atom. The number of carbonyl (C=O) groups excluding carboxylic acids is 1. The van der Waals surface area contributed by atoms with Crippen molar-refractivity contribution in [2.24, 2.45) is 10.9 Å². The van der Waals surface area contributed by atoms with Crippen molar-refractivity contribution in [1.29, 1.82) is 0 Å². The van der Waals surface area contributed by atoms with Gasteiger partial charge in [-0.05, 0) is 37.0 Å². The molecule has 1 atom stereocenters. The number of alkyl halides is 3. The van der Waals surface area contributed by atoms with Crippen molar-refractivity contribution < 1.29 is 18.0 Å². The summed E-state index contributed by atoms with van der Waals surface area (Å²) in [6.45, 7) is 0.363.